The first-order valence-electron chi connectivity index (χ1n) is 8.85. The number of rotatable bonds is 5. The summed E-state index contributed by atoms with van der Waals surface area (Å²) in [5.41, 5.74) is 0.688. The SMILES string of the molecule is CCOCCNC(=O)[C@H]1[C@H]2C[C@H](CN(C(C)=O)C2)c2cccc(=O)n21. The summed E-state index contributed by atoms with van der Waals surface area (Å²) in [5.74, 6) is -0.119. The molecule has 7 nitrogen and oxygen atoms in total. The van der Waals surface area contributed by atoms with Gasteiger partial charge in [-0.3, -0.25) is 19.0 Å². The van der Waals surface area contributed by atoms with Crippen molar-refractivity contribution in [1.29, 1.82) is 0 Å². The molecule has 0 aromatic carbocycles. The van der Waals surface area contributed by atoms with Crippen LogP contribution in [0.25, 0.3) is 0 Å². The number of nitrogens with zero attached hydrogens (tertiary/aromatic N) is 2. The molecule has 7 heteroatoms. The number of nitrogens with one attached hydrogen (secondary N) is 1. The van der Waals surface area contributed by atoms with Crippen LogP contribution < -0.4 is 10.9 Å². The fraction of sp³-hybridized carbons (Fsp3) is 0.611. The quantitative estimate of drug-likeness (QED) is 0.787. The van der Waals surface area contributed by atoms with E-state index in [-0.39, 0.29) is 29.2 Å². The molecule has 2 aliphatic heterocycles. The maximum Gasteiger partial charge on any atom is 0.251 e. The summed E-state index contributed by atoms with van der Waals surface area (Å²) in [6.45, 7) is 6.02. The Morgan fingerprint density at radius 2 is 2.12 bits per heavy atom. The summed E-state index contributed by atoms with van der Waals surface area (Å²) >= 11 is 0. The lowest BCUT2D eigenvalue weighted by molar-refractivity contribution is -0.135. The smallest absolute Gasteiger partial charge is 0.251 e. The molecule has 1 N–H and O–H groups in total. The molecule has 1 aromatic heterocycles. The maximum absolute atomic E-state index is 12.8. The molecule has 3 atom stereocenters. The van der Waals surface area contributed by atoms with Crippen molar-refractivity contribution in [2.45, 2.75) is 32.2 Å². The topological polar surface area (TPSA) is 80.6 Å². The van der Waals surface area contributed by atoms with Gasteiger partial charge in [0.05, 0.1) is 6.61 Å². The number of ether oxygens (including phenoxy) is 1. The van der Waals surface area contributed by atoms with E-state index < -0.39 is 6.04 Å². The third kappa shape index (κ3) is 3.46. The van der Waals surface area contributed by atoms with Gasteiger partial charge in [-0.2, -0.15) is 0 Å². The van der Waals surface area contributed by atoms with E-state index in [0.717, 1.165) is 12.1 Å². The zero-order chi connectivity index (χ0) is 18.0. The largest absolute Gasteiger partial charge is 0.380 e. The van der Waals surface area contributed by atoms with Gasteiger partial charge in [-0.1, -0.05) is 6.07 Å². The van der Waals surface area contributed by atoms with Crippen LogP contribution in [0.3, 0.4) is 0 Å². The fourth-order valence-electron chi connectivity index (χ4n) is 4.02. The number of carbonyl (C=O) groups is 2. The Hall–Kier alpha value is -2.15. The second-order valence-corrected chi connectivity index (χ2v) is 6.71. The molecule has 3 rings (SSSR count). The second-order valence-electron chi connectivity index (χ2n) is 6.71. The number of piperidine rings is 1. The minimum Gasteiger partial charge on any atom is -0.380 e. The van der Waals surface area contributed by atoms with Crippen LogP contribution in [0.4, 0.5) is 0 Å². The van der Waals surface area contributed by atoms with Gasteiger partial charge in [-0.15, -0.1) is 0 Å². The third-order valence-electron chi connectivity index (χ3n) is 5.11. The van der Waals surface area contributed by atoms with E-state index in [2.05, 4.69) is 5.32 Å². The van der Waals surface area contributed by atoms with E-state index in [1.165, 1.54) is 6.07 Å². The van der Waals surface area contributed by atoms with Crippen molar-refractivity contribution in [3.05, 3.63) is 34.2 Å². The summed E-state index contributed by atoms with van der Waals surface area (Å²) in [5, 5.41) is 2.88. The number of aromatic nitrogens is 1. The average Bonchev–Trinajstić information content (AvgIpc) is 2.59. The van der Waals surface area contributed by atoms with Crippen molar-refractivity contribution >= 4 is 11.8 Å². The molecule has 2 aliphatic rings. The van der Waals surface area contributed by atoms with Crippen LogP contribution in [0.1, 0.15) is 37.9 Å². The van der Waals surface area contributed by atoms with Crippen molar-refractivity contribution in [1.82, 2.24) is 14.8 Å². The molecule has 3 heterocycles. The number of carbonyl (C=O) groups excluding carboxylic acids is 2. The lowest BCUT2D eigenvalue weighted by atomic mass is 9.78. The van der Waals surface area contributed by atoms with Crippen LogP contribution >= 0.6 is 0 Å². The molecule has 2 bridgehead atoms. The Balaban J connectivity index is 1.90. The molecule has 0 aliphatic carbocycles. The Labute approximate surface area is 147 Å². The number of amides is 2. The van der Waals surface area contributed by atoms with E-state index in [9.17, 15) is 14.4 Å². The van der Waals surface area contributed by atoms with Gasteiger partial charge in [-0.05, 0) is 19.4 Å². The molecular weight excluding hydrogens is 322 g/mol. The van der Waals surface area contributed by atoms with Crippen molar-refractivity contribution in [3.8, 4) is 0 Å². The van der Waals surface area contributed by atoms with Crippen molar-refractivity contribution in [3.63, 3.8) is 0 Å². The molecule has 1 aromatic rings. The monoisotopic (exact) mass is 347 g/mol. The van der Waals surface area contributed by atoms with Gasteiger partial charge in [0.15, 0.2) is 0 Å². The van der Waals surface area contributed by atoms with E-state index in [1.807, 2.05) is 13.0 Å². The van der Waals surface area contributed by atoms with Gasteiger partial charge < -0.3 is 15.0 Å². The Morgan fingerprint density at radius 1 is 1.32 bits per heavy atom. The standard InChI is InChI=1S/C18H25N3O4/c1-3-25-8-7-19-18(24)17-14-9-13(10-20(11-14)12(2)22)15-5-4-6-16(23)21(15)17/h4-6,13-14,17H,3,7-11H2,1-2H3,(H,19,24)/t13-,14+,17-/m1/s1. The zero-order valence-corrected chi connectivity index (χ0v) is 14.7. The van der Waals surface area contributed by atoms with Crippen LogP contribution in [0.2, 0.25) is 0 Å². The molecule has 0 spiro atoms. The number of likely N-dealkylation sites (tertiary alicyclic amines) is 1. The summed E-state index contributed by atoms with van der Waals surface area (Å²) in [6.07, 6.45) is 0.816. The Bertz CT molecular complexity index is 715. The molecular formula is C18H25N3O4. The Morgan fingerprint density at radius 3 is 2.84 bits per heavy atom. The lowest BCUT2D eigenvalue weighted by Gasteiger charge is -2.46. The molecule has 2 amide bonds. The third-order valence-corrected chi connectivity index (χ3v) is 5.11. The fourth-order valence-corrected chi connectivity index (χ4v) is 4.02. The number of hydrogen-bond donors (Lipinski definition) is 1. The highest BCUT2D eigenvalue weighted by atomic mass is 16.5. The molecule has 0 radical (unpaired) electrons. The second kappa shape index (κ2) is 7.39. The summed E-state index contributed by atoms with van der Waals surface area (Å²) in [4.78, 5) is 39.0. The zero-order valence-electron chi connectivity index (χ0n) is 14.7. The van der Waals surface area contributed by atoms with E-state index in [4.69, 9.17) is 4.74 Å². The first kappa shape index (κ1) is 17.7. The molecule has 0 saturated carbocycles. The Kier molecular flexibility index (Phi) is 5.22. The molecule has 136 valence electrons. The number of fused-ring (bicyclic) bond motifs is 4. The van der Waals surface area contributed by atoms with Gasteiger partial charge in [0.2, 0.25) is 11.8 Å². The van der Waals surface area contributed by atoms with Gasteiger partial charge >= 0.3 is 0 Å². The molecule has 1 fully saturated rings. The van der Waals surface area contributed by atoms with Crippen LogP contribution in [0.5, 0.6) is 0 Å². The van der Waals surface area contributed by atoms with Gasteiger partial charge in [-0.25, -0.2) is 0 Å². The van der Waals surface area contributed by atoms with Gasteiger partial charge in [0.1, 0.15) is 6.04 Å². The van der Waals surface area contributed by atoms with Crippen LogP contribution in [-0.4, -0.2) is 54.1 Å². The maximum atomic E-state index is 12.8. The van der Waals surface area contributed by atoms with Crippen molar-refractivity contribution in [2.24, 2.45) is 5.92 Å². The highest BCUT2D eigenvalue weighted by molar-refractivity contribution is 5.81. The van der Waals surface area contributed by atoms with E-state index in [1.54, 1.807) is 22.5 Å². The average molecular weight is 347 g/mol. The first-order valence-corrected chi connectivity index (χ1v) is 8.85. The summed E-state index contributed by atoms with van der Waals surface area (Å²) < 4.78 is 6.89. The highest BCUT2D eigenvalue weighted by Gasteiger charge is 2.44. The predicted molar refractivity (Wildman–Crippen MR) is 92.3 cm³/mol. The minimum atomic E-state index is -0.580. The summed E-state index contributed by atoms with van der Waals surface area (Å²) in [6, 6.07) is 4.54. The van der Waals surface area contributed by atoms with Crippen molar-refractivity contribution in [2.75, 3.05) is 32.8 Å². The summed E-state index contributed by atoms with van der Waals surface area (Å²) in [7, 11) is 0. The van der Waals surface area contributed by atoms with Crippen LogP contribution in [-0.2, 0) is 14.3 Å². The molecule has 1 saturated heterocycles. The van der Waals surface area contributed by atoms with Crippen molar-refractivity contribution < 1.29 is 14.3 Å². The van der Waals surface area contributed by atoms with E-state index in [0.29, 0.717) is 32.8 Å². The minimum absolute atomic E-state index is 0.0110. The predicted octanol–water partition coefficient (Wildman–Crippen LogP) is 0.508. The number of pyridine rings is 1. The number of hydrogen-bond acceptors (Lipinski definition) is 4. The molecule has 25 heavy (non-hydrogen) atoms. The van der Waals surface area contributed by atoms with Crippen LogP contribution in [0, 0.1) is 5.92 Å². The van der Waals surface area contributed by atoms with Gasteiger partial charge in [0, 0.05) is 56.8 Å². The van der Waals surface area contributed by atoms with E-state index >= 15 is 0 Å². The van der Waals surface area contributed by atoms with Crippen LogP contribution in [0.15, 0.2) is 23.0 Å². The lowest BCUT2D eigenvalue weighted by Crippen LogP contribution is -2.54. The highest BCUT2D eigenvalue weighted by Crippen LogP contribution is 2.41. The van der Waals surface area contributed by atoms with Gasteiger partial charge in [0.25, 0.3) is 5.56 Å². The first-order chi connectivity index (χ1) is 12.0. The molecule has 0 unspecified atom stereocenters. The normalized spacial score (nSPS) is 24.6.